The van der Waals surface area contributed by atoms with Gasteiger partial charge in [-0.1, -0.05) is 69.3 Å². The van der Waals surface area contributed by atoms with Crippen molar-refractivity contribution in [2.24, 2.45) is 0 Å². The van der Waals surface area contributed by atoms with Crippen molar-refractivity contribution >= 4 is 0 Å². The van der Waals surface area contributed by atoms with Crippen molar-refractivity contribution in [1.29, 1.82) is 0 Å². The fourth-order valence-corrected chi connectivity index (χ4v) is 2.58. The number of nitrogens with one attached hydrogen (secondary N) is 1. The van der Waals surface area contributed by atoms with Gasteiger partial charge < -0.3 is 5.32 Å². The van der Waals surface area contributed by atoms with Crippen molar-refractivity contribution in [3.63, 3.8) is 0 Å². The average Bonchev–Trinajstić information content (AvgIpc) is 2.45. The van der Waals surface area contributed by atoms with Crippen molar-refractivity contribution in [3.05, 3.63) is 70.8 Å². The van der Waals surface area contributed by atoms with Gasteiger partial charge in [-0.2, -0.15) is 0 Å². The van der Waals surface area contributed by atoms with E-state index in [4.69, 9.17) is 0 Å². The van der Waals surface area contributed by atoms with Crippen LogP contribution in [0.4, 0.5) is 0 Å². The predicted molar refractivity (Wildman–Crippen MR) is 91.6 cm³/mol. The van der Waals surface area contributed by atoms with Gasteiger partial charge in [-0.25, -0.2) is 0 Å². The summed E-state index contributed by atoms with van der Waals surface area (Å²) in [4.78, 5) is 0. The quantitative estimate of drug-likeness (QED) is 0.818. The lowest BCUT2D eigenvalue weighted by Gasteiger charge is -2.20. The molecule has 0 aliphatic rings. The van der Waals surface area contributed by atoms with Crippen LogP contribution in [-0.2, 0) is 12.0 Å². The Balaban J connectivity index is 1.99. The van der Waals surface area contributed by atoms with Crippen LogP contribution in [0, 0.1) is 6.92 Å². The third kappa shape index (κ3) is 4.18. The molecule has 1 N–H and O–H groups in total. The second-order valence-corrected chi connectivity index (χ2v) is 6.91. The highest BCUT2D eigenvalue weighted by Crippen LogP contribution is 2.22. The van der Waals surface area contributed by atoms with Gasteiger partial charge in [0.1, 0.15) is 0 Å². The molecule has 2 rings (SSSR count). The lowest BCUT2D eigenvalue weighted by Crippen LogP contribution is -2.19. The van der Waals surface area contributed by atoms with E-state index in [2.05, 4.69) is 88.5 Å². The third-order valence-electron chi connectivity index (χ3n) is 4.09. The topological polar surface area (TPSA) is 12.0 Å². The largest absolute Gasteiger partial charge is 0.306 e. The summed E-state index contributed by atoms with van der Waals surface area (Å²) in [6.45, 7) is 12.1. The Hall–Kier alpha value is -1.60. The Labute approximate surface area is 129 Å². The molecule has 0 bridgehead atoms. The molecule has 1 atom stereocenters. The second kappa shape index (κ2) is 6.44. The summed E-state index contributed by atoms with van der Waals surface area (Å²) in [6, 6.07) is 17.9. The van der Waals surface area contributed by atoms with E-state index in [0.29, 0.717) is 6.04 Å². The van der Waals surface area contributed by atoms with Gasteiger partial charge in [0.25, 0.3) is 0 Å². The van der Waals surface area contributed by atoms with Crippen molar-refractivity contribution in [3.8, 4) is 0 Å². The lowest BCUT2D eigenvalue weighted by molar-refractivity contribution is 0.569. The fourth-order valence-electron chi connectivity index (χ4n) is 2.58. The van der Waals surface area contributed by atoms with E-state index < -0.39 is 0 Å². The normalized spacial score (nSPS) is 13.2. The van der Waals surface area contributed by atoms with E-state index in [0.717, 1.165) is 6.54 Å². The molecule has 112 valence electrons. The first-order valence-electron chi connectivity index (χ1n) is 7.76. The minimum Gasteiger partial charge on any atom is -0.306 e. The summed E-state index contributed by atoms with van der Waals surface area (Å²) < 4.78 is 0. The van der Waals surface area contributed by atoms with E-state index in [9.17, 15) is 0 Å². The minimum atomic E-state index is 0.223. The summed E-state index contributed by atoms with van der Waals surface area (Å²) >= 11 is 0. The van der Waals surface area contributed by atoms with E-state index >= 15 is 0 Å². The molecule has 1 nitrogen and oxygen atoms in total. The van der Waals surface area contributed by atoms with Crippen LogP contribution in [0.25, 0.3) is 0 Å². The van der Waals surface area contributed by atoms with Crippen molar-refractivity contribution in [1.82, 2.24) is 5.32 Å². The Morgan fingerprint density at radius 1 is 0.952 bits per heavy atom. The van der Waals surface area contributed by atoms with Gasteiger partial charge in [0, 0.05) is 12.6 Å². The zero-order valence-corrected chi connectivity index (χ0v) is 13.9. The maximum absolute atomic E-state index is 3.61. The summed E-state index contributed by atoms with van der Waals surface area (Å²) in [6.07, 6.45) is 0. The number of aryl methyl sites for hydroxylation is 1. The van der Waals surface area contributed by atoms with Crippen LogP contribution in [0.5, 0.6) is 0 Å². The first-order valence-corrected chi connectivity index (χ1v) is 7.76. The second-order valence-electron chi connectivity index (χ2n) is 6.91. The molecule has 0 saturated carbocycles. The van der Waals surface area contributed by atoms with E-state index in [1.54, 1.807) is 0 Å². The van der Waals surface area contributed by atoms with Crippen LogP contribution in [0.3, 0.4) is 0 Å². The van der Waals surface area contributed by atoms with Gasteiger partial charge in [0.15, 0.2) is 0 Å². The lowest BCUT2D eigenvalue weighted by atomic mass is 9.87. The molecule has 0 fully saturated rings. The summed E-state index contributed by atoms with van der Waals surface area (Å²) in [5, 5.41) is 3.61. The SMILES string of the molecule is Cc1ccccc1C(C)NCc1ccc(C(C)(C)C)cc1. The molecule has 0 heterocycles. The monoisotopic (exact) mass is 281 g/mol. The van der Waals surface area contributed by atoms with Crippen LogP contribution < -0.4 is 5.32 Å². The molecular formula is C20H27N. The highest BCUT2D eigenvalue weighted by Gasteiger charge is 2.13. The third-order valence-corrected chi connectivity index (χ3v) is 4.09. The van der Waals surface area contributed by atoms with Gasteiger partial charge in [0.2, 0.25) is 0 Å². The van der Waals surface area contributed by atoms with Crippen molar-refractivity contribution in [2.75, 3.05) is 0 Å². The molecule has 2 aromatic rings. The maximum atomic E-state index is 3.61. The van der Waals surface area contributed by atoms with Crippen LogP contribution in [-0.4, -0.2) is 0 Å². The zero-order valence-electron chi connectivity index (χ0n) is 13.9. The molecule has 0 amide bonds. The summed E-state index contributed by atoms with van der Waals surface area (Å²) in [5.41, 5.74) is 5.67. The summed E-state index contributed by atoms with van der Waals surface area (Å²) in [7, 11) is 0. The molecule has 0 radical (unpaired) electrons. The molecule has 2 aromatic carbocycles. The van der Waals surface area contributed by atoms with E-state index in [-0.39, 0.29) is 5.41 Å². The molecule has 0 aliphatic heterocycles. The van der Waals surface area contributed by atoms with Crippen LogP contribution in [0.15, 0.2) is 48.5 Å². The molecule has 21 heavy (non-hydrogen) atoms. The highest BCUT2D eigenvalue weighted by molar-refractivity contribution is 5.29. The number of benzene rings is 2. The first kappa shape index (κ1) is 15.8. The molecule has 0 spiro atoms. The van der Waals surface area contributed by atoms with Crippen molar-refractivity contribution < 1.29 is 0 Å². The first-order chi connectivity index (χ1) is 9.88. The average molecular weight is 281 g/mol. The smallest absolute Gasteiger partial charge is 0.0297 e. The van der Waals surface area contributed by atoms with Gasteiger partial charge >= 0.3 is 0 Å². The minimum absolute atomic E-state index is 0.223. The Morgan fingerprint density at radius 3 is 2.14 bits per heavy atom. The Morgan fingerprint density at radius 2 is 1.57 bits per heavy atom. The fraction of sp³-hybridized carbons (Fsp3) is 0.400. The zero-order chi connectivity index (χ0) is 15.5. The van der Waals surface area contributed by atoms with E-state index in [1.807, 2.05) is 0 Å². The molecule has 1 unspecified atom stereocenters. The van der Waals surface area contributed by atoms with Crippen LogP contribution in [0.1, 0.15) is 56.0 Å². The number of rotatable bonds is 4. The van der Waals surface area contributed by atoms with Crippen LogP contribution >= 0.6 is 0 Å². The Bertz CT molecular complexity index is 576. The Kier molecular flexibility index (Phi) is 4.84. The van der Waals surface area contributed by atoms with Gasteiger partial charge in [-0.3, -0.25) is 0 Å². The molecular weight excluding hydrogens is 254 g/mol. The van der Waals surface area contributed by atoms with Crippen molar-refractivity contribution in [2.45, 2.75) is 52.6 Å². The molecule has 1 heteroatoms. The molecule has 0 aliphatic carbocycles. The van der Waals surface area contributed by atoms with Gasteiger partial charge in [-0.15, -0.1) is 0 Å². The van der Waals surface area contributed by atoms with E-state index in [1.165, 1.54) is 22.3 Å². The summed E-state index contributed by atoms with van der Waals surface area (Å²) in [5.74, 6) is 0. The highest BCUT2D eigenvalue weighted by atomic mass is 14.9. The molecule has 0 saturated heterocycles. The van der Waals surface area contributed by atoms with Crippen LogP contribution in [0.2, 0.25) is 0 Å². The predicted octanol–water partition coefficient (Wildman–Crippen LogP) is 5.14. The van der Waals surface area contributed by atoms with Gasteiger partial charge in [0.05, 0.1) is 0 Å². The number of hydrogen-bond donors (Lipinski definition) is 1. The number of hydrogen-bond acceptors (Lipinski definition) is 1. The van der Waals surface area contributed by atoms with Gasteiger partial charge in [-0.05, 0) is 41.5 Å². The maximum Gasteiger partial charge on any atom is 0.0297 e. The standard InChI is InChI=1S/C20H27N/c1-15-8-6-7-9-19(15)16(2)21-14-17-10-12-18(13-11-17)20(3,4)5/h6-13,16,21H,14H2,1-5H3. The molecule has 0 aromatic heterocycles.